The smallest absolute Gasteiger partial charge is 0.432 e. The number of hydrogen-bond donors (Lipinski definition) is 0. The van der Waals surface area contributed by atoms with E-state index in [4.69, 9.17) is 9.40 Å². The van der Waals surface area contributed by atoms with Gasteiger partial charge in [-0.1, -0.05) is 103 Å². The molecule has 1 heterocycles. The van der Waals surface area contributed by atoms with Crippen LogP contribution >= 0.6 is 7.26 Å². The largest absolute Gasteiger partial charge is 0.673 e. The van der Waals surface area contributed by atoms with Crippen LogP contribution in [-0.2, 0) is 0 Å². The Labute approximate surface area is 236 Å². The van der Waals surface area contributed by atoms with Gasteiger partial charge < -0.3 is 21.7 Å². The molecule has 6 rings (SSSR count). The highest BCUT2D eigenvalue weighted by atomic mass is 31.2. The lowest BCUT2D eigenvalue weighted by Gasteiger charge is -2.25. The normalized spacial score (nSPS) is 11.4. The van der Waals surface area contributed by atoms with Gasteiger partial charge in [0.1, 0.15) is 15.9 Å². The van der Waals surface area contributed by atoms with Crippen molar-refractivity contribution >= 4 is 35.9 Å². The summed E-state index contributed by atoms with van der Waals surface area (Å²) in [5.74, 6) is 1.45. The number of benzene rings is 5. The molecule has 0 aliphatic heterocycles. The molecule has 0 aliphatic carbocycles. The van der Waals surface area contributed by atoms with Crippen molar-refractivity contribution in [3.05, 3.63) is 152 Å². The lowest BCUT2D eigenvalue weighted by atomic mass is 10.2. The van der Waals surface area contributed by atoms with Crippen LogP contribution in [0.25, 0.3) is 22.8 Å². The highest BCUT2D eigenvalue weighted by molar-refractivity contribution is 8.01. The monoisotopic (exact) mass is 569 g/mol. The Morgan fingerprint density at radius 3 is 1.15 bits per heavy atom. The summed E-state index contributed by atoms with van der Waals surface area (Å²) < 4.78 is 45.7. The molecule has 0 bridgehead atoms. The second-order valence-corrected chi connectivity index (χ2v) is 12.4. The third-order valence-corrected chi connectivity index (χ3v) is 10.6. The fourth-order valence-electron chi connectivity index (χ4n) is 4.79. The Hall–Kier alpha value is -4.48. The fraction of sp³-hybridized carbons (Fsp3) is 0. The van der Waals surface area contributed by atoms with Gasteiger partial charge in [0.25, 0.3) is 0 Å². The van der Waals surface area contributed by atoms with E-state index in [1.807, 2.05) is 24.3 Å². The number of hydrogen-bond acceptors (Lipinski definition) is 2. The Morgan fingerprint density at radius 2 is 0.780 bits per heavy atom. The standard InChI is InChI=1S/C33H25NOP.BF4/c1-6-16-26(17-7-1)31-33(34-32(35-31)27-18-8-2-9-19-27)36(28-20-10-3-11-21-28,29-22-12-4-13-23-29)30-24-14-5-15-25-30;2-1(3,4)5/h1-25H;/q+1;-1. The van der Waals surface area contributed by atoms with Gasteiger partial charge in [-0.25, -0.2) is 0 Å². The summed E-state index contributed by atoms with van der Waals surface area (Å²) in [6.07, 6.45) is 0. The third-order valence-electron chi connectivity index (χ3n) is 6.41. The van der Waals surface area contributed by atoms with Gasteiger partial charge >= 0.3 is 7.25 Å². The van der Waals surface area contributed by atoms with Crippen molar-refractivity contribution in [2.24, 2.45) is 0 Å². The van der Waals surface area contributed by atoms with Crippen LogP contribution in [0.2, 0.25) is 0 Å². The van der Waals surface area contributed by atoms with Gasteiger partial charge in [0, 0.05) is 11.1 Å². The first-order valence-electron chi connectivity index (χ1n) is 12.9. The molecule has 41 heavy (non-hydrogen) atoms. The molecular formula is C33H25BF4NOP. The van der Waals surface area contributed by atoms with E-state index in [0.29, 0.717) is 5.89 Å². The molecule has 0 saturated heterocycles. The molecule has 0 N–H and O–H groups in total. The van der Waals surface area contributed by atoms with Gasteiger partial charge in [-0.2, -0.15) is 4.98 Å². The zero-order valence-corrected chi connectivity index (χ0v) is 22.7. The lowest BCUT2D eigenvalue weighted by Crippen LogP contribution is -2.40. The quantitative estimate of drug-likeness (QED) is 0.116. The first-order valence-corrected chi connectivity index (χ1v) is 14.7. The van der Waals surface area contributed by atoms with E-state index in [0.717, 1.165) is 22.3 Å². The number of halogens is 4. The molecule has 0 unspecified atom stereocenters. The summed E-state index contributed by atoms with van der Waals surface area (Å²) >= 11 is 0. The van der Waals surface area contributed by atoms with E-state index in [1.54, 1.807) is 0 Å². The summed E-state index contributed by atoms with van der Waals surface area (Å²) in [4.78, 5) is 5.34. The summed E-state index contributed by atoms with van der Waals surface area (Å²) in [6, 6.07) is 52.9. The molecule has 8 heteroatoms. The predicted octanol–water partition coefficient (Wildman–Crippen LogP) is 7.93. The second kappa shape index (κ2) is 12.4. The van der Waals surface area contributed by atoms with Crippen molar-refractivity contribution < 1.29 is 21.7 Å². The molecule has 0 amide bonds. The SMILES string of the molecule is F[B-](F)(F)F.c1ccc(-c2nc([P+](c3ccccc3)(c3ccccc3)c3ccccc3)c(-c3ccccc3)o2)cc1. The first kappa shape index (κ1) is 28.1. The summed E-state index contributed by atoms with van der Waals surface area (Å²) in [6.45, 7) is 0. The Balaban J connectivity index is 0.000000623. The van der Waals surface area contributed by atoms with Gasteiger partial charge in [0.2, 0.25) is 11.3 Å². The number of nitrogens with zero attached hydrogens (tertiary/aromatic N) is 1. The molecule has 1 aromatic heterocycles. The van der Waals surface area contributed by atoms with Crippen LogP contribution in [0.15, 0.2) is 156 Å². The molecule has 0 radical (unpaired) electrons. The van der Waals surface area contributed by atoms with Gasteiger partial charge in [-0.15, -0.1) is 0 Å². The van der Waals surface area contributed by atoms with E-state index in [2.05, 4.69) is 127 Å². The van der Waals surface area contributed by atoms with Gasteiger partial charge in [0.15, 0.2) is 13.0 Å². The van der Waals surface area contributed by atoms with Gasteiger partial charge in [-0.05, 0) is 48.5 Å². The van der Waals surface area contributed by atoms with Crippen LogP contribution in [0.3, 0.4) is 0 Å². The van der Waals surface area contributed by atoms with E-state index in [9.17, 15) is 17.3 Å². The fourth-order valence-corrected chi connectivity index (χ4v) is 9.00. The van der Waals surface area contributed by atoms with E-state index in [1.165, 1.54) is 15.9 Å². The first-order chi connectivity index (χ1) is 19.9. The molecule has 0 fully saturated rings. The number of aromatic nitrogens is 1. The summed E-state index contributed by atoms with van der Waals surface area (Å²) in [5, 5.41) is 3.73. The van der Waals surface area contributed by atoms with Crippen LogP contribution < -0.4 is 21.3 Å². The van der Waals surface area contributed by atoms with Crippen LogP contribution in [0.5, 0.6) is 0 Å². The molecule has 0 atom stereocenters. The Kier molecular flexibility index (Phi) is 8.46. The zero-order valence-electron chi connectivity index (χ0n) is 21.8. The predicted molar refractivity (Wildman–Crippen MR) is 162 cm³/mol. The Morgan fingerprint density at radius 1 is 0.463 bits per heavy atom. The average Bonchev–Trinajstić information content (AvgIpc) is 3.45. The molecule has 6 aromatic rings. The minimum atomic E-state index is -6.00. The topological polar surface area (TPSA) is 26.0 Å². The van der Waals surface area contributed by atoms with Crippen molar-refractivity contribution in [2.75, 3.05) is 0 Å². The van der Waals surface area contributed by atoms with Crippen molar-refractivity contribution in [3.8, 4) is 22.8 Å². The number of rotatable bonds is 6. The van der Waals surface area contributed by atoms with Crippen LogP contribution in [0.1, 0.15) is 0 Å². The maximum absolute atomic E-state index is 9.75. The van der Waals surface area contributed by atoms with Crippen LogP contribution in [0.4, 0.5) is 17.3 Å². The molecule has 0 spiro atoms. The maximum Gasteiger partial charge on any atom is 0.673 e. The van der Waals surface area contributed by atoms with Crippen molar-refractivity contribution in [3.63, 3.8) is 0 Å². The lowest BCUT2D eigenvalue weighted by molar-refractivity contribution is 0.368. The minimum absolute atomic E-state index is 0.636. The van der Waals surface area contributed by atoms with Crippen LogP contribution in [0, 0.1) is 0 Å². The highest BCUT2D eigenvalue weighted by Gasteiger charge is 2.52. The summed E-state index contributed by atoms with van der Waals surface area (Å²) in [5.41, 5.74) is 2.97. The molecule has 5 aromatic carbocycles. The molecule has 0 saturated carbocycles. The van der Waals surface area contributed by atoms with Crippen molar-refractivity contribution in [1.29, 1.82) is 0 Å². The van der Waals surface area contributed by atoms with E-state index < -0.39 is 14.5 Å². The van der Waals surface area contributed by atoms with Crippen molar-refractivity contribution in [2.45, 2.75) is 0 Å². The molecule has 204 valence electrons. The molecule has 2 nitrogen and oxygen atoms in total. The van der Waals surface area contributed by atoms with Crippen LogP contribution in [-0.4, -0.2) is 12.2 Å². The molecular weight excluding hydrogens is 544 g/mol. The van der Waals surface area contributed by atoms with Gasteiger partial charge in [-0.3, -0.25) is 0 Å². The summed E-state index contributed by atoms with van der Waals surface area (Å²) in [7, 11) is -8.41. The van der Waals surface area contributed by atoms with Gasteiger partial charge in [0.05, 0.1) is 0 Å². The second-order valence-electron chi connectivity index (χ2n) is 9.08. The zero-order chi connectivity index (χ0) is 28.7. The highest BCUT2D eigenvalue weighted by Crippen LogP contribution is 2.56. The minimum Gasteiger partial charge on any atom is -0.432 e. The van der Waals surface area contributed by atoms with Crippen molar-refractivity contribution in [1.82, 2.24) is 4.98 Å². The number of oxazole rings is 1. The molecule has 0 aliphatic rings. The third kappa shape index (κ3) is 6.31. The van der Waals surface area contributed by atoms with E-state index in [-0.39, 0.29) is 0 Å². The average molecular weight is 569 g/mol. The maximum atomic E-state index is 9.75. The Bertz CT molecular complexity index is 1560. The van der Waals surface area contributed by atoms with E-state index >= 15 is 0 Å².